The highest BCUT2D eigenvalue weighted by Gasteiger charge is 2.16. The fourth-order valence-corrected chi connectivity index (χ4v) is 3.30. The molecule has 0 saturated carbocycles. The van der Waals surface area contributed by atoms with E-state index in [4.69, 9.17) is 19.4 Å². The SMILES string of the molecule is COc1ccc(CNc2cc(NCC3CCCO3)nc(-c3ccccc3)n2)cc1. The van der Waals surface area contributed by atoms with Gasteiger partial charge in [-0.3, -0.25) is 0 Å². The summed E-state index contributed by atoms with van der Waals surface area (Å²) in [6.45, 7) is 2.27. The maximum Gasteiger partial charge on any atom is 0.163 e. The van der Waals surface area contributed by atoms with Crippen LogP contribution in [-0.4, -0.2) is 36.3 Å². The molecule has 1 fully saturated rings. The summed E-state index contributed by atoms with van der Waals surface area (Å²) >= 11 is 0. The van der Waals surface area contributed by atoms with Gasteiger partial charge in [0.2, 0.25) is 0 Å². The Labute approximate surface area is 171 Å². The normalized spacial score (nSPS) is 15.8. The standard InChI is InChI=1S/C23H26N4O2/c1-28-19-11-9-17(10-12-19)15-24-21-14-22(25-16-20-8-5-13-29-20)27-23(26-21)18-6-3-2-4-7-18/h2-4,6-7,9-12,14,20H,5,8,13,15-16H2,1H3,(H2,24,25,26,27). The highest BCUT2D eigenvalue weighted by molar-refractivity contribution is 5.61. The molecular weight excluding hydrogens is 364 g/mol. The van der Waals surface area contributed by atoms with Gasteiger partial charge in [-0.1, -0.05) is 42.5 Å². The van der Waals surface area contributed by atoms with E-state index in [9.17, 15) is 0 Å². The van der Waals surface area contributed by atoms with Gasteiger partial charge < -0.3 is 20.1 Å². The van der Waals surface area contributed by atoms with Gasteiger partial charge in [0, 0.05) is 31.3 Å². The van der Waals surface area contributed by atoms with E-state index >= 15 is 0 Å². The predicted molar refractivity (Wildman–Crippen MR) is 115 cm³/mol. The van der Waals surface area contributed by atoms with Crippen molar-refractivity contribution in [3.63, 3.8) is 0 Å². The van der Waals surface area contributed by atoms with Gasteiger partial charge in [-0.15, -0.1) is 0 Å². The Balaban J connectivity index is 1.51. The summed E-state index contributed by atoms with van der Waals surface area (Å²) in [7, 11) is 1.67. The molecule has 1 aliphatic rings. The monoisotopic (exact) mass is 390 g/mol. The first-order chi connectivity index (χ1) is 14.3. The van der Waals surface area contributed by atoms with Gasteiger partial charge in [-0.25, -0.2) is 9.97 Å². The quantitative estimate of drug-likeness (QED) is 0.596. The third kappa shape index (κ3) is 5.23. The lowest BCUT2D eigenvalue weighted by Gasteiger charge is -2.14. The summed E-state index contributed by atoms with van der Waals surface area (Å²) in [5.74, 6) is 3.12. The van der Waals surface area contributed by atoms with Crippen molar-refractivity contribution < 1.29 is 9.47 Å². The number of benzene rings is 2. The molecule has 6 nitrogen and oxygen atoms in total. The smallest absolute Gasteiger partial charge is 0.163 e. The van der Waals surface area contributed by atoms with Gasteiger partial charge in [0.1, 0.15) is 17.4 Å². The number of anilines is 2. The van der Waals surface area contributed by atoms with Gasteiger partial charge in [0.15, 0.2) is 5.82 Å². The molecule has 1 saturated heterocycles. The Bertz CT molecular complexity index is 910. The molecule has 0 amide bonds. The Morgan fingerprint density at radius 2 is 1.76 bits per heavy atom. The molecule has 3 aromatic rings. The van der Waals surface area contributed by atoms with Crippen molar-refractivity contribution in [1.82, 2.24) is 9.97 Å². The minimum absolute atomic E-state index is 0.251. The van der Waals surface area contributed by atoms with Crippen molar-refractivity contribution in [2.45, 2.75) is 25.5 Å². The average Bonchev–Trinajstić information content (AvgIpc) is 3.31. The summed E-state index contributed by atoms with van der Waals surface area (Å²) in [6, 6.07) is 20.0. The molecule has 2 heterocycles. The molecule has 0 spiro atoms. The average molecular weight is 390 g/mol. The number of aromatic nitrogens is 2. The first-order valence-corrected chi connectivity index (χ1v) is 9.97. The van der Waals surface area contributed by atoms with Crippen molar-refractivity contribution in [2.24, 2.45) is 0 Å². The molecule has 1 aliphatic heterocycles. The molecule has 0 aliphatic carbocycles. The molecule has 6 heteroatoms. The second kappa shape index (κ2) is 9.39. The predicted octanol–water partition coefficient (Wildman–Crippen LogP) is 4.36. The second-order valence-electron chi connectivity index (χ2n) is 7.05. The summed E-state index contributed by atoms with van der Waals surface area (Å²) < 4.78 is 10.9. The maximum absolute atomic E-state index is 5.71. The molecule has 1 aromatic heterocycles. The van der Waals surface area contributed by atoms with Crippen LogP contribution in [0.1, 0.15) is 18.4 Å². The largest absolute Gasteiger partial charge is 0.497 e. The first kappa shape index (κ1) is 19.2. The molecule has 2 aromatic carbocycles. The number of ether oxygens (including phenoxy) is 2. The van der Waals surface area contributed by atoms with Crippen LogP contribution < -0.4 is 15.4 Å². The minimum Gasteiger partial charge on any atom is -0.497 e. The van der Waals surface area contributed by atoms with Gasteiger partial charge in [-0.2, -0.15) is 0 Å². The number of rotatable bonds is 8. The van der Waals surface area contributed by atoms with Crippen LogP contribution in [0.3, 0.4) is 0 Å². The summed E-state index contributed by atoms with van der Waals surface area (Å²) in [4.78, 5) is 9.42. The van der Waals surface area contributed by atoms with Crippen molar-refractivity contribution in [2.75, 3.05) is 30.9 Å². The first-order valence-electron chi connectivity index (χ1n) is 9.97. The fraction of sp³-hybridized carbons (Fsp3) is 0.304. The fourth-order valence-electron chi connectivity index (χ4n) is 3.30. The Morgan fingerprint density at radius 3 is 2.45 bits per heavy atom. The van der Waals surface area contributed by atoms with E-state index in [-0.39, 0.29) is 6.10 Å². The van der Waals surface area contributed by atoms with E-state index in [1.54, 1.807) is 7.11 Å². The van der Waals surface area contributed by atoms with Crippen LogP contribution >= 0.6 is 0 Å². The Kier molecular flexibility index (Phi) is 6.22. The van der Waals surface area contributed by atoms with E-state index < -0.39 is 0 Å². The number of hydrogen-bond acceptors (Lipinski definition) is 6. The van der Waals surface area contributed by atoms with Crippen LogP contribution in [0.5, 0.6) is 5.75 Å². The third-order valence-electron chi connectivity index (χ3n) is 4.93. The lowest BCUT2D eigenvalue weighted by molar-refractivity contribution is 0.120. The van der Waals surface area contributed by atoms with Crippen LogP contribution in [0.15, 0.2) is 60.7 Å². The maximum atomic E-state index is 5.71. The lowest BCUT2D eigenvalue weighted by atomic mass is 10.2. The minimum atomic E-state index is 0.251. The van der Waals surface area contributed by atoms with E-state index in [0.29, 0.717) is 12.4 Å². The number of nitrogens with one attached hydrogen (secondary N) is 2. The molecule has 1 atom stereocenters. The molecular formula is C23H26N4O2. The Morgan fingerprint density at radius 1 is 1.00 bits per heavy atom. The summed E-state index contributed by atoms with van der Waals surface area (Å²) in [5, 5.41) is 6.83. The van der Waals surface area contributed by atoms with Crippen molar-refractivity contribution >= 4 is 11.6 Å². The van der Waals surface area contributed by atoms with Crippen LogP contribution in [0.25, 0.3) is 11.4 Å². The van der Waals surface area contributed by atoms with E-state index in [1.807, 2.05) is 60.7 Å². The van der Waals surface area contributed by atoms with Crippen molar-refractivity contribution in [3.8, 4) is 17.1 Å². The van der Waals surface area contributed by atoms with Gasteiger partial charge in [-0.05, 0) is 30.5 Å². The van der Waals surface area contributed by atoms with Gasteiger partial charge in [0.05, 0.1) is 13.2 Å². The molecule has 2 N–H and O–H groups in total. The summed E-state index contributed by atoms with van der Waals surface area (Å²) in [5.41, 5.74) is 2.14. The summed E-state index contributed by atoms with van der Waals surface area (Å²) in [6.07, 6.45) is 2.47. The van der Waals surface area contributed by atoms with E-state index in [2.05, 4.69) is 10.6 Å². The lowest BCUT2D eigenvalue weighted by Crippen LogP contribution is -2.19. The molecule has 150 valence electrons. The molecule has 1 unspecified atom stereocenters. The number of methoxy groups -OCH3 is 1. The Hall–Kier alpha value is -3.12. The van der Waals surface area contributed by atoms with E-state index in [1.165, 1.54) is 0 Å². The van der Waals surface area contributed by atoms with Crippen LogP contribution in [-0.2, 0) is 11.3 Å². The molecule has 29 heavy (non-hydrogen) atoms. The zero-order valence-corrected chi connectivity index (χ0v) is 16.6. The van der Waals surface area contributed by atoms with Crippen LogP contribution in [0.2, 0.25) is 0 Å². The highest BCUT2D eigenvalue weighted by Crippen LogP contribution is 2.22. The third-order valence-corrected chi connectivity index (χ3v) is 4.93. The van der Waals surface area contributed by atoms with Crippen molar-refractivity contribution in [3.05, 3.63) is 66.2 Å². The van der Waals surface area contributed by atoms with Gasteiger partial charge in [0.25, 0.3) is 0 Å². The zero-order chi connectivity index (χ0) is 19.9. The highest BCUT2D eigenvalue weighted by atomic mass is 16.5. The topological polar surface area (TPSA) is 68.3 Å². The van der Waals surface area contributed by atoms with Gasteiger partial charge >= 0.3 is 0 Å². The second-order valence-corrected chi connectivity index (χ2v) is 7.05. The molecule has 4 rings (SSSR count). The molecule has 0 bridgehead atoms. The number of hydrogen-bond donors (Lipinski definition) is 2. The van der Waals surface area contributed by atoms with Crippen molar-refractivity contribution in [1.29, 1.82) is 0 Å². The molecule has 0 radical (unpaired) electrons. The number of nitrogens with zero attached hydrogens (tertiary/aromatic N) is 2. The van der Waals surface area contributed by atoms with E-state index in [0.717, 1.165) is 54.5 Å². The zero-order valence-electron chi connectivity index (χ0n) is 16.6. The van der Waals surface area contributed by atoms with Crippen LogP contribution in [0, 0.1) is 0 Å². The van der Waals surface area contributed by atoms with Crippen LogP contribution in [0.4, 0.5) is 11.6 Å².